The molecule has 0 atom stereocenters. The van der Waals surface area contributed by atoms with Gasteiger partial charge in [0.2, 0.25) is 0 Å². The molecule has 0 aliphatic heterocycles. The van der Waals surface area contributed by atoms with E-state index in [0.29, 0.717) is 10.0 Å². The van der Waals surface area contributed by atoms with Gasteiger partial charge < -0.3 is 7.43 Å². The predicted molar refractivity (Wildman–Crippen MR) is 135 cm³/mol. The Kier molecular flexibility index (Phi) is 7.25. The van der Waals surface area contributed by atoms with Gasteiger partial charge in [-0.05, 0) is 42.5 Å². The number of aryl methyl sites for hydroxylation is 2. The second-order valence-electron chi connectivity index (χ2n) is 7.44. The number of halogens is 2. The fourth-order valence-electron chi connectivity index (χ4n) is 3.97. The maximum absolute atomic E-state index is 6.51. The molecule has 0 heterocycles. The Morgan fingerprint density at radius 2 is 1.00 bits per heavy atom. The molecule has 4 aromatic rings. The fourth-order valence-corrected chi connectivity index (χ4v) is 4.50. The molecule has 0 unspecified atom stereocenters. The molecule has 0 N–H and O–H groups in total. The molecular weight excluding hydrogens is 482 g/mol. The Balaban J connectivity index is 0.00000144. The normalized spacial score (nSPS) is 14.5. The Morgan fingerprint density at radius 1 is 0.594 bits per heavy atom. The van der Waals surface area contributed by atoms with Crippen molar-refractivity contribution in [3.63, 3.8) is 0 Å². The number of nitrogens with zero attached hydrogens (tertiary/aromatic N) is 2. The number of rotatable bonds is 2. The summed E-state index contributed by atoms with van der Waals surface area (Å²) in [4.78, 5) is 10.1. The van der Waals surface area contributed by atoms with Crippen LogP contribution in [-0.4, -0.2) is 11.4 Å². The van der Waals surface area contributed by atoms with Crippen LogP contribution in [0.4, 0.5) is 11.4 Å². The van der Waals surface area contributed by atoms with E-state index >= 15 is 0 Å². The molecule has 164 valence electrons. The monoisotopic (exact) mass is 501 g/mol. The molecule has 32 heavy (non-hydrogen) atoms. The van der Waals surface area contributed by atoms with Gasteiger partial charge in [-0.1, -0.05) is 83.9 Å². The minimum atomic E-state index is 0. The number of benzene rings is 4. The van der Waals surface area contributed by atoms with Crippen LogP contribution in [-0.2, 0) is 16.5 Å². The zero-order chi connectivity index (χ0) is 20.8. The topological polar surface area (TPSA) is 24.7 Å². The molecule has 1 aliphatic carbocycles. The van der Waals surface area contributed by atoms with Gasteiger partial charge in [0.25, 0.3) is 0 Å². The molecule has 0 saturated heterocycles. The summed E-state index contributed by atoms with van der Waals surface area (Å²) in [6.07, 6.45) is 0. The van der Waals surface area contributed by atoms with Crippen molar-refractivity contribution >= 4 is 56.8 Å². The van der Waals surface area contributed by atoms with Crippen LogP contribution in [0.15, 0.2) is 82.8 Å². The van der Waals surface area contributed by atoms with Crippen LogP contribution < -0.4 is 0 Å². The van der Waals surface area contributed by atoms with Gasteiger partial charge in [0, 0.05) is 33.0 Å². The quantitative estimate of drug-likeness (QED) is 0.194. The largest absolute Gasteiger partial charge is 0.358 e. The Bertz CT molecular complexity index is 1250. The SMILES string of the molecule is Cc1cccc(Cl)c1N=C1C(=Nc2c(C)cccc2Cl)c2cccc3cccc1c23.[CH3-].[Ni]. The summed E-state index contributed by atoms with van der Waals surface area (Å²) in [5.41, 5.74) is 7.33. The van der Waals surface area contributed by atoms with E-state index in [9.17, 15) is 0 Å². The Morgan fingerprint density at radius 3 is 1.41 bits per heavy atom. The van der Waals surface area contributed by atoms with Crippen molar-refractivity contribution in [2.75, 3.05) is 0 Å². The summed E-state index contributed by atoms with van der Waals surface area (Å²) in [5.74, 6) is 0. The van der Waals surface area contributed by atoms with Gasteiger partial charge in [0.15, 0.2) is 0 Å². The number of hydrogen-bond acceptors (Lipinski definition) is 2. The second-order valence-corrected chi connectivity index (χ2v) is 8.26. The van der Waals surface area contributed by atoms with E-state index in [1.807, 2.05) is 50.2 Å². The van der Waals surface area contributed by atoms with Gasteiger partial charge in [-0.3, -0.25) is 0 Å². The fraction of sp³-hybridized carbons (Fsp3) is 0.0741. The van der Waals surface area contributed by atoms with Crippen molar-refractivity contribution in [3.8, 4) is 0 Å². The summed E-state index contributed by atoms with van der Waals surface area (Å²) in [5, 5.41) is 3.57. The predicted octanol–water partition coefficient (Wildman–Crippen LogP) is 8.47. The van der Waals surface area contributed by atoms with Crippen LogP contribution >= 0.6 is 23.2 Å². The second kappa shape index (κ2) is 9.59. The first kappa shape index (κ1) is 24.2. The molecular formula is C27H21Cl2N2Ni-. The third-order valence-electron chi connectivity index (χ3n) is 5.46. The average molecular weight is 503 g/mol. The Labute approximate surface area is 208 Å². The van der Waals surface area contributed by atoms with Gasteiger partial charge >= 0.3 is 0 Å². The molecule has 0 aromatic heterocycles. The third-order valence-corrected chi connectivity index (χ3v) is 6.07. The van der Waals surface area contributed by atoms with Crippen LogP contribution in [0.5, 0.6) is 0 Å². The van der Waals surface area contributed by atoms with E-state index in [1.165, 1.54) is 0 Å². The smallest absolute Gasteiger partial charge is 0.0979 e. The molecule has 5 rings (SSSR count). The van der Waals surface area contributed by atoms with Crippen molar-refractivity contribution < 1.29 is 16.5 Å². The maximum Gasteiger partial charge on any atom is 0.0979 e. The van der Waals surface area contributed by atoms with Gasteiger partial charge in [0.05, 0.1) is 32.8 Å². The summed E-state index contributed by atoms with van der Waals surface area (Å²) in [7, 11) is 0. The molecule has 1 aliphatic rings. The van der Waals surface area contributed by atoms with E-state index in [4.69, 9.17) is 33.2 Å². The molecule has 0 amide bonds. The molecule has 0 fully saturated rings. The van der Waals surface area contributed by atoms with E-state index in [2.05, 4.69) is 36.4 Å². The first-order chi connectivity index (χ1) is 14.5. The van der Waals surface area contributed by atoms with Crippen LogP contribution in [0.3, 0.4) is 0 Å². The molecule has 0 radical (unpaired) electrons. The average Bonchev–Trinajstić information content (AvgIpc) is 3.02. The third kappa shape index (κ3) is 4.02. The van der Waals surface area contributed by atoms with E-state index in [0.717, 1.165) is 55.8 Å². The Hall–Kier alpha value is -2.45. The van der Waals surface area contributed by atoms with Gasteiger partial charge in [-0.15, -0.1) is 0 Å². The van der Waals surface area contributed by atoms with E-state index < -0.39 is 0 Å². The standard InChI is InChI=1S/C26H18Cl2N2.CH3.Ni/c1-15-7-3-13-20(27)23(15)29-25-18-11-5-9-17-10-6-12-19(22(17)18)26(25)30-24-16(2)8-4-14-21(24)28;;/h3-14H,1-2H3;1H3;/q;-1;. The van der Waals surface area contributed by atoms with Crippen molar-refractivity contribution in [2.45, 2.75) is 13.8 Å². The van der Waals surface area contributed by atoms with Crippen molar-refractivity contribution in [1.82, 2.24) is 0 Å². The van der Waals surface area contributed by atoms with Crippen LogP contribution in [0, 0.1) is 21.3 Å². The molecule has 2 nitrogen and oxygen atoms in total. The zero-order valence-corrected chi connectivity index (χ0v) is 20.4. The summed E-state index contributed by atoms with van der Waals surface area (Å²) in [6.45, 7) is 4.03. The first-order valence-electron chi connectivity index (χ1n) is 9.75. The molecule has 0 bridgehead atoms. The molecule has 4 aromatic carbocycles. The number of hydrogen-bond donors (Lipinski definition) is 0. The minimum Gasteiger partial charge on any atom is -0.358 e. The first-order valence-corrected chi connectivity index (χ1v) is 10.5. The number of para-hydroxylation sites is 2. The van der Waals surface area contributed by atoms with Crippen molar-refractivity contribution in [3.05, 3.63) is 113 Å². The van der Waals surface area contributed by atoms with Crippen molar-refractivity contribution in [1.29, 1.82) is 0 Å². The van der Waals surface area contributed by atoms with Crippen LogP contribution in [0.2, 0.25) is 10.0 Å². The minimum absolute atomic E-state index is 0. The van der Waals surface area contributed by atoms with E-state index in [1.54, 1.807) is 0 Å². The van der Waals surface area contributed by atoms with Gasteiger partial charge in [0.1, 0.15) is 0 Å². The van der Waals surface area contributed by atoms with Crippen LogP contribution in [0.25, 0.3) is 10.8 Å². The zero-order valence-electron chi connectivity index (χ0n) is 17.9. The van der Waals surface area contributed by atoms with Gasteiger partial charge in [-0.2, -0.15) is 0 Å². The number of aliphatic imine (C=N–C) groups is 2. The van der Waals surface area contributed by atoms with E-state index in [-0.39, 0.29) is 23.9 Å². The summed E-state index contributed by atoms with van der Waals surface area (Å²) >= 11 is 13.0. The maximum atomic E-state index is 6.51. The summed E-state index contributed by atoms with van der Waals surface area (Å²) < 4.78 is 0. The summed E-state index contributed by atoms with van der Waals surface area (Å²) in [6, 6.07) is 24.2. The van der Waals surface area contributed by atoms with Gasteiger partial charge in [-0.25, -0.2) is 9.98 Å². The van der Waals surface area contributed by atoms with Crippen LogP contribution in [0.1, 0.15) is 22.3 Å². The van der Waals surface area contributed by atoms with Crippen molar-refractivity contribution in [2.24, 2.45) is 9.98 Å². The molecule has 5 heteroatoms. The molecule has 0 spiro atoms. The molecule has 0 saturated carbocycles.